The summed E-state index contributed by atoms with van der Waals surface area (Å²) in [6.45, 7) is 7.28. The van der Waals surface area contributed by atoms with Crippen molar-refractivity contribution in [1.29, 1.82) is 0 Å². The third-order valence-corrected chi connectivity index (χ3v) is 4.13. The van der Waals surface area contributed by atoms with Crippen LogP contribution in [0.4, 0.5) is 5.82 Å². The fourth-order valence-corrected chi connectivity index (χ4v) is 2.83. The molecule has 0 aliphatic heterocycles. The molecule has 3 aromatic rings. The maximum absolute atomic E-state index is 4.73. The Labute approximate surface area is 128 Å². The average molecular weight is 301 g/mol. The molecule has 5 nitrogen and oxygen atoms in total. The van der Waals surface area contributed by atoms with Crippen LogP contribution in [0.25, 0.3) is 21.9 Å². The molecule has 1 N–H and O–H groups in total. The lowest BCUT2D eigenvalue weighted by Gasteiger charge is -2.10. The Bertz CT molecular complexity index is 730. The summed E-state index contributed by atoms with van der Waals surface area (Å²) in [6, 6.07) is 4.39. The molecule has 0 amide bonds. The minimum atomic E-state index is 0.320. The first kappa shape index (κ1) is 14.0. The molecule has 0 bridgehead atoms. The number of nitrogens with one attached hydrogen (secondary N) is 1. The van der Waals surface area contributed by atoms with Crippen LogP contribution in [0.1, 0.15) is 33.2 Å². The standard InChI is InChI=1S/C15H19N5S/c1-4-7-16-14-12-15(20(9-17-12)10(2)3)19-13(18-14)11-6-5-8-21-11/h5-6,8-10H,4,7H2,1-3H3,(H,16,18,19). The molecule has 0 unspecified atom stereocenters. The second-order valence-corrected chi connectivity index (χ2v) is 6.17. The summed E-state index contributed by atoms with van der Waals surface area (Å²) in [4.78, 5) is 15.0. The zero-order valence-corrected chi connectivity index (χ0v) is 13.3. The van der Waals surface area contributed by atoms with E-state index in [-0.39, 0.29) is 0 Å². The number of nitrogens with zero attached hydrogens (tertiary/aromatic N) is 4. The van der Waals surface area contributed by atoms with E-state index in [9.17, 15) is 0 Å². The van der Waals surface area contributed by atoms with E-state index in [1.54, 1.807) is 11.3 Å². The van der Waals surface area contributed by atoms with Gasteiger partial charge in [-0.15, -0.1) is 11.3 Å². The maximum atomic E-state index is 4.73. The van der Waals surface area contributed by atoms with Crippen molar-refractivity contribution >= 4 is 28.3 Å². The number of hydrogen-bond donors (Lipinski definition) is 1. The van der Waals surface area contributed by atoms with Crippen molar-refractivity contribution in [3.63, 3.8) is 0 Å². The van der Waals surface area contributed by atoms with Crippen molar-refractivity contribution in [3.8, 4) is 10.7 Å². The fourth-order valence-electron chi connectivity index (χ4n) is 2.18. The predicted molar refractivity (Wildman–Crippen MR) is 87.8 cm³/mol. The van der Waals surface area contributed by atoms with Gasteiger partial charge in [0.1, 0.15) is 5.52 Å². The van der Waals surface area contributed by atoms with Gasteiger partial charge >= 0.3 is 0 Å². The highest BCUT2D eigenvalue weighted by Crippen LogP contribution is 2.27. The van der Waals surface area contributed by atoms with Crippen LogP contribution < -0.4 is 5.32 Å². The molecule has 3 rings (SSSR count). The quantitative estimate of drug-likeness (QED) is 0.775. The normalized spacial score (nSPS) is 11.4. The highest BCUT2D eigenvalue weighted by molar-refractivity contribution is 7.13. The van der Waals surface area contributed by atoms with Gasteiger partial charge < -0.3 is 9.88 Å². The van der Waals surface area contributed by atoms with Gasteiger partial charge in [-0.25, -0.2) is 15.0 Å². The molecule has 0 aliphatic carbocycles. The second-order valence-electron chi connectivity index (χ2n) is 5.22. The van der Waals surface area contributed by atoms with Crippen LogP contribution >= 0.6 is 11.3 Å². The summed E-state index contributed by atoms with van der Waals surface area (Å²) in [7, 11) is 0. The summed E-state index contributed by atoms with van der Waals surface area (Å²) in [5.41, 5.74) is 1.74. The largest absolute Gasteiger partial charge is 0.368 e. The van der Waals surface area contributed by atoms with Gasteiger partial charge in [0.05, 0.1) is 11.2 Å². The van der Waals surface area contributed by atoms with Crippen LogP contribution in [0.2, 0.25) is 0 Å². The zero-order valence-electron chi connectivity index (χ0n) is 12.5. The summed E-state index contributed by atoms with van der Waals surface area (Å²) in [5.74, 6) is 1.59. The van der Waals surface area contributed by atoms with E-state index < -0.39 is 0 Å². The Morgan fingerprint density at radius 1 is 1.33 bits per heavy atom. The molecule has 0 aromatic carbocycles. The predicted octanol–water partition coefficient (Wildman–Crippen LogP) is 3.96. The molecular weight excluding hydrogens is 282 g/mol. The molecule has 110 valence electrons. The van der Waals surface area contributed by atoms with Crippen molar-refractivity contribution in [2.24, 2.45) is 0 Å². The Kier molecular flexibility index (Phi) is 3.88. The van der Waals surface area contributed by atoms with E-state index in [4.69, 9.17) is 4.98 Å². The van der Waals surface area contributed by atoms with Crippen molar-refractivity contribution in [1.82, 2.24) is 19.5 Å². The maximum Gasteiger partial charge on any atom is 0.173 e. The number of aromatic nitrogens is 4. The number of rotatable bonds is 5. The van der Waals surface area contributed by atoms with Crippen molar-refractivity contribution in [2.75, 3.05) is 11.9 Å². The van der Waals surface area contributed by atoms with E-state index in [1.165, 1.54) is 0 Å². The Morgan fingerprint density at radius 2 is 2.19 bits per heavy atom. The van der Waals surface area contributed by atoms with Crippen LogP contribution in [0.5, 0.6) is 0 Å². The second kappa shape index (κ2) is 5.81. The fraction of sp³-hybridized carbons (Fsp3) is 0.400. The number of anilines is 1. The molecule has 0 atom stereocenters. The van der Waals surface area contributed by atoms with Crippen molar-refractivity contribution in [2.45, 2.75) is 33.2 Å². The van der Waals surface area contributed by atoms with E-state index in [1.807, 2.05) is 23.8 Å². The molecule has 0 aliphatic rings. The van der Waals surface area contributed by atoms with Gasteiger partial charge in [0.25, 0.3) is 0 Å². The van der Waals surface area contributed by atoms with Gasteiger partial charge in [0.15, 0.2) is 17.3 Å². The Morgan fingerprint density at radius 3 is 2.86 bits per heavy atom. The number of thiophene rings is 1. The molecule has 0 spiro atoms. The first-order chi connectivity index (χ1) is 10.2. The minimum Gasteiger partial charge on any atom is -0.368 e. The lowest BCUT2D eigenvalue weighted by molar-refractivity contribution is 0.613. The molecule has 0 fully saturated rings. The lowest BCUT2D eigenvalue weighted by atomic mass is 10.3. The molecule has 21 heavy (non-hydrogen) atoms. The Balaban J connectivity index is 2.18. The molecular formula is C15H19N5S. The van der Waals surface area contributed by atoms with E-state index in [0.717, 1.165) is 40.6 Å². The number of fused-ring (bicyclic) bond motifs is 1. The highest BCUT2D eigenvalue weighted by atomic mass is 32.1. The van der Waals surface area contributed by atoms with Crippen LogP contribution in [-0.2, 0) is 0 Å². The van der Waals surface area contributed by atoms with Crippen LogP contribution in [-0.4, -0.2) is 26.1 Å². The topological polar surface area (TPSA) is 55.6 Å². The van der Waals surface area contributed by atoms with Gasteiger partial charge in [0, 0.05) is 12.6 Å². The molecule has 6 heteroatoms. The van der Waals surface area contributed by atoms with Crippen LogP contribution in [0, 0.1) is 0 Å². The third-order valence-electron chi connectivity index (χ3n) is 3.26. The van der Waals surface area contributed by atoms with E-state index in [0.29, 0.717) is 6.04 Å². The van der Waals surface area contributed by atoms with Crippen LogP contribution in [0.3, 0.4) is 0 Å². The van der Waals surface area contributed by atoms with E-state index in [2.05, 4.69) is 40.6 Å². The van der Waals surface area contributed by atoms with Crippen molar-refractivity contribution in [3.05, 3.63) is 23.8 Å². The van der Waals surface area contributed by atoms with Gasteiger partial charge in [0.2, 0.25) is 0 Å². The highest BCUT2D eigenvalue weighted by Gasteiger charge is 2.15. The first-order valence-electron chi connectivity index (χ1n) is 7.23. The van der Waals surface area contributed by atoms with Gasteiger partial charge in [-0.1, -0.05) is 13.0 Å². The number of imidazole rings is 1. The molecule has 0 radical (unpaired) electrons. The molecule has 0 saturated carbocycles. The van der Waals surface area contributed by atoms with Gasteiger partial charge in [-0.3, -0.25) is 0 Å². The van der Waals surface area contributed by atoms with Crippen LogP contribution in [0.15, 0.2) is 23.8 Å². The molecule has 3 heterocycles. The zero-order chi connectivity index (χ0) is 14.8. The van der Waals surface area contributed by atoms with E-state index >= 15 is 0 Å². The summed E-state index contributed by atoms with van der Waals surface area (Å²) >= 11 is 1.65. The lowest BCUT2D eigenvalue weighted by Crippen LogP contribution is -2.06. The monoisotopic (exact) mass is 301 g/mol. The first-order valence-corrected chi connectivity index (χ1v) is 8.11. The van der Waals surface area contributed by atoms with Gasteiger partial charge in [-0.05, 0) is 31.7 Å². The smallest absolute Gasteiger partial charge is 0.173 e. The average Bonchev–Trinajstić information content (AvgIpc) is 3.13. The SMILES string of the molecule is CCCNc1nc(-c2cccs2)nc2c1ncn2C(C)C. The third kappa shape index (κ3) is 2.63. The molecule has 3 aromatic heterocycles. The summed E-state index contributed by atoms with van der Waals surface area (Å²) < 4.78 is 2.09. The minimum absolute atomic E-state index is 0.320. The van der Waals surface area contributed by atoms with Crippen molar-refractivity contribution < 1.29 is 0 Å². The summed E-state index contributed by atoms with van der Waals surface area (Å²) in [6.07, 6.45) is 2.89. The Hall–Kier alpha value is -1.95. The van der Waals surface area contributed by atoms with Gasteiger partial charge in [-0.2, -0.15) is 0 Å². The number of hydrogen-bond acceptors (Lipinski definition) is 5. The summed E-state index contributed by atoms with van der Waals surface area (Å²) in [5, 5.41) is 5.41. The molecule has 0 saturated heterocycles.